The van der Waals surface area contributed by atoms with Crippen LogP contribution in [-0.2, 0) is 11.3 Å². The third kappa shape index (κ3) is 3.45. The highest BCUT2D eigenvalue weighted by atomic mass is 32.2. The number of carbonyl (C=O) groups excluding carboxylic acids is 1. The summed E-state index contributed by atoms with van der Waals surface area (Å²) in [6.07, 6.45) is 0. The normalized spacial score (nSPS) is 12.4. The lowest BCUT2D eigenvalue weighted by molar-refractivity contribution is 0.0997. The summed E-state index contributed by atoms with van der Waals surface area (Å²) in [6, 6.07) is 8.51. The van der Waals surface area contributed by atoms with Crippen molar-refractivity contribution < 1.29 is 13.6 Å². The number of nitrogens with one attached hydrogen (secondary N) is 1. The standard InChI is InChI=1S/C8H9NO3S/c10-8(6-9-13(11)12)7-4-2-1-3-5-7/h1-5,9H,6H2,(H,11,12)/p-1. The lowest BCUT2D eigenvalue weighted by Gasteiger charge is -2.05. The number of rotatable bonds is 4. The van der Waals surface area contributed by atoms with E-state index in [4.69, 9.17) is 0 Å². The Labute approximate surface area is 78.4 Å². The predicted octanol–water partition coefficient (Wildman–Crippen LogP) is 0.253. The van der Waals surface area contributed by atoms with Crippen molar-refractivity contribution in [2.45, 2.75) is 0 Å². The third-order valence-corrected chi connectivity index (χ3v) is 1.83. The van der Waals surface area contributed by atoms with Gasteiger partial charge in [0.15, 0.2) is 5.78 Å². The van der Waals surface area contributed by atoms with Crippen molar-refractivity contribution in [3.8, 4) is 0 Å². The summed E-state index contributed by atoms with van der Waals surface area (Å²) in [6.45, 7) is -0.194. The van der Waals surface area contributed by atoms with Crippen molar-refractivity contribution in [3.63, 3.8) is 0 Å². The van der Waals surface area contributed by atoms with Gasteiger partial charge in [0.05, 0.1) is 6.54 Å². The molecule has 13 heavy (non-hydrogen) atoms. The fourth-order valence-electron chi connectivity index (χ4n) is 0.851. The van der Waals surface area contributed by atoms with Crippen LogP contribution in [0.1, 0.15) is 10.4 Å². The Morgan fingerprint density at radius 2 is 2.00 bits per heavy atom. The van der Waals surface area contributed by atoms with E-state index in [1.165, 1.54) is 0 Å². The minimum atomic E-state index is -2.38. The van der Waals surface area contributed by atoms with Crippen molar-refractivity contribution in [2.24, 2.45) is 0 Å². The Hall–Kier alpha value is -1.04. The fourth-order valence-corrected chi connectivity index (χ4v) is 1.10. The molecule has 0 bridgehead atoms. The number of ketones is 1. The average Bonchev–Trinajstić information content (AvgIpc) is 2.15. The Morgan fingerprint density at radius 1 is 1.38 bits per heavy atom. The molecule has 1 unspecified atom stereocenters. The molecule has 4 nitrogen and oxygen atoms in total. The van der Waals surface area contributed by atoms with Gasteiger partial charge in [-0.25, -0.2) is 4.72 Å². The lowest BCUT2D eigenvalue weighted by atomic mass is 10.1. The minimum absolute atomic E-state index is 0.194. The monoisotopic (exact) mass is 198 g/mol. The van der Waals surface area contributed by atoms with Crippen molar-refractivity contribution in [1.29, 1.82) is 0 Å². The first-order valence-electron chi connectivity index (χ1n) is 3.61. The van der Waals surface area contributed by atoms with Crippen molar-refractivity contribution >= 4 is 17.0 Å². The minimum Gasteiger partial charge on any atom is -0.760 e. The van der Waals surface area contributed by atoms with E-state index in [2.05, 4.69) is 0 Å². The van der Waals surface area contributed by atoms with E-state index in [0.717, 1.165) is 0 Å². The summed E-state index contributed by atoms with van der Waals surface area (Å²) in [5.74, 6) is -0.246. The van der Waals surface area contributed by atoms with Gasteiger partial charge in [-0.1, -0.05) is 30.3 Å². The number of benzene rings is 1. The van der Waals surface area contributed by atoms with Gasteiger partial charge in [0.25, 0.3) is 0 Å². The summed E-state index contributed by atoms with van der Waals surface area (Å²) in [5.41, 5.74) is 0.500. The second-order valence-electron chi connectivity index (χ2n) is 2.35. The zero-order valence-electron chi connectivity index (χ0n) is 6.73. The molecule has 1 aromatic carbocycles. The number of hydrogen-bond acceptors (Lipinski definition) is 3. The summed E-state index contributed by atoms with van der Waals surface area (Å²) in [7, 11) is 0. The van der Waals surface area contributed by atoms with E-state index in [1.807, 2.05) is 4.72 Å². The van der Waals surface area contributed by atoms with Crippen LogP contribution in [0.5, 0.6) is 0 Å². The van der Waals surface area contributed by atoms with E-state index in [0.29, 0.717) is 5.56 Å². The molecule has 0 radical (unpaired) electrons. The van der Waals surface area contributed by atoms with Crippen LogP contribution < -0.4 is 4.72 Å². The first-order chi connectivity index (χ1) is 6.20. The highest BCUT2D eigenvalue weighted by Crippen LogP contribution is 1.98. The van der Waals surface area contributed by atoms with E-state index in [-0.39, 0.29) is 12.3 Å². The molecule has 0 aliphatic carbocycles. The van der Waals surface area contributed by atoms with Crippen LogP contribution in [0, 0.1) is 0 Å². The van der Waals surface area contributed by atoms with Gasteiger partial charge >= 0.3 is 0 Å². The Balaban J connectivity index is 2.54. The van der Waals surface area contributed by atoms with Crippen LogP contribution >= 0.6 is 0 Å². The van der Waals surface area contributed by atoms with Gasteiger partial charge in [0.2, 0.25) is 0 Å². The largest absolute Gasteiger partial charge is 0.760 e. The van der Waals surface area contributed by atoms with Crippen LogP contribution in [0.15, 0.2) is 30.3 Å². The van der Waals surface area contributed by atoms with Crippen LogP contribution in [0.2, 0.25) is 0 Å². The molecule has 0 heterocycles. The van der Waals surface area contributed by atoms with Gasteiger partial charge in [-0.05, 0) is 0 Å². The molecule has 5 heteroatoms. The maximum atomic E-state index is 11.2. The maximum absolute atomic E-state index is 11.2. The molecule has 1 aromatic rings. The molecule has 1 N–H and O–H groups in total. The smallest absolute Gasteiger partial charge is 0.177 e. The molecule has 70 valence electrons. The number of Topliss-reactive ketones (excluding diaryl/α,β-unsaturated/α-hetero) is 1. The van der Waals surface area contributed by atoms with Crippen LogP contribution in [0.4, 0.5) is 0 Å². The molecule has 0 aromatic heterocycles. The van der Waals surface area contributed by atoms with Gasteiger partial charge in [-0.3, -0.25) is 9.00 Å². The van der Waals surface area contributed by atoms with Crippen molar-refractivity contribution in [2.75, 3.05) is 6.54 Å². The fraction of sp³-hybridized carbons (Fsp3) is 0.125. The second kappa shape index (κ2) is 4.86. The molecule has 0 fully saturated rings. The van der Waals surface area contributed by atoms with Crippen LogP contribution in [-0.4, -0.2) is 21.1 Å². The Bertz CT molecular complexity index is 312. The molecule has 0 spiro atoms. The zero-order chi connectivity index (χ0) is 9.68. The second-order valence-corrected chi connectivity index (χ2v) is 3.10. The summed E-state index contributed by atoms with van der Waals surface area (Å²) < 4.78 is 22.2. The van der Waals surface area contributed by atoms with Gasteiger partial charge in [0.1, 0.15) is 0 Å². The van der Waals surface area contributed by atoms with Crippen LogP contribution in [0.25, 0.3) is 0 Å². The van der Waals surface area contributed by atoms with Crippen molar-refractivity contribution in [1.82, 2.24) is 4.72 Å². The molecule has 0 saturated carbocycles. The van der Waals surface area contributed by atoms with E-state index in [9.17, 15) is 13.6 Å². The highest BCUT2D eigenvalue weighted by Gasteiger charge is 2.02. The molecule has 0 saturated heterocycles. The molecule has 1 rings (SSSR count). The third-order valence-electron chi connectivity index (χ3n) is 1.45. The molecular weight excluding hydrogens is 190 g/mol. The molecule has 1 atom stereocenters. The quantitative estimate of drug-likeness (QED) is 0.557. The topological polar surface area (TPSA) is 69.2 Å². The summed E-state index contributed by atoms with van der Waals surface area (Å²) in [5, 5.41) is 0. The SMILES string of the molecule is O=C(CNS(=O)[O-])c1ccccc1. The number of hydrogen-bond donors (Lipinski definition) is 1. The van der Waals surface area contributed by atoms with Gasteiger partial charge in [-0.2, -0.15) is 0 Å². The first kappa shape index (κ1) is 10.0. The lowest BCUT2D eigenvalue weighted by Crippen LogP contribution is -2.24. The molecule has 0 amide bonds. The van der Waals surface area contributed by atoms with Gasteiger partial charge < -0.3 is 4.55 Å². The molecule has 0 aliphatic heterocycles. The summed E-state index contributed by atoms with van der Waals surface area (Å²) >= 11 is -2.38. The zero-order valence-corrected chi connectivity index (χ0v) is 7.54. The van der Waals surface area contributed by atoms with Gasteiger partial charge in [0, 0.05) is 16.8 Å². The van der Waals surface area contributed by atoms with E-state index < -0.39 is 11.3 Å². The first-order valence-corrected chi connectivity index (χ1v) is 4.68. The summed E-state index contributed by atoms with van der Waals surface area (Å²) in [4.78, 5) is 11.2. The predicted molar refractivity (Wildman–Crippen MR) is 47.7 cm³/mol. The highest BCUT2D eigenvalue weighted by molar-refractivity contribution is 7.77. The Kier molecular flexibility index (Phi) is 3.75. The number of carbonyl (C=O) groups is 1. The maximum Gasteiger partial charge on any atom is 0.177 e. The van der Waals surface area contributed by atoms with Crippen molar-refractivity contribution in [3.05, 3.63) is 35.9 Å². The molecule has 0 aliphatic rings. The molecular formula is C8H8NO3S-. The van der Waals surface area contributed by atoms with E-state index in [1.54, 1.807) is 30.3 Å². The van der Waals surface area contributed by atoms with Gasteiger partial charge in [-0.15, -0.1) is 0 Å². The van der Waals surface area contributed by atoms with Crippen LogP contribution in [0.3, 0.4) is 0 Å². The van der Waals surface area contributed by atoms with E-state index >= 15 is 0 Å². The average molecular weight is 198 g/mol. The Morgan fingerprint density at radius 3 is 2.54 bits per heavy atom.